The zero-order valence-corrected chi connectivity index (χ0v) is 13.6. The number of ether oxygens (including phenoxy) is 1. The van der Waals surface area contributed by atoms with E-state index < -0.39 is 5.60 Å². The van der Waals surface area contributed by atoms with Crippen molar-refractivity contribution in [2.75, 3.05) is 11.4 Å². The van der Waals surface area contributed by atoms with Crippen molar-refractivity contribution in [1.29, 1.82) is 0 Å². The third-order valence-electron chi connectivity index (χ3n) is 2.87. The van der Waals surface area contributed by atoms with Crippen molar-refractivity contribution in [3.63, 3.8) is 0 Å². The van der Waals surface area contributed by atoms with Gasteiger partial charge in [0.1, 0.15) is 5.60 Å². The predicted octanol–water partition coefficient (Wildman–Crippen LogP) is 4.79. The molecule has 0 aromatic heterocycles. The molecule has 0 bridgehead atoms. The fraction of sp³-hybridized carbons (Fsp3) is 0.500. The zero-order chi connectivity index (χ0) is 14.2. The molecule has 0 unspecified atom stereocenters. The second-order valence-electron chi connectivity index (χ2n) is 5.59. The quantitative estimate of drug-likeness (QED) is 0.676. The van der Waals surface area contributed by atoms with Gasteiger partial charge in [0.2, 0.25) is 0 Å². The highest BCUT2D eigenvalue weighted by Gasteiger charge is 2.29. The van der Waals surface area contributed by atoms with E-state index in [1.165, 1.54) is 0 Å². The highest BCUT2D eigenvalue weighted by molar-refractivity contribution is 9.10. The van der Waals surface area contributed by atoms with Crippen molar-refractivity contribution in [3.8, 4) is 0 Å². The molecule has 0 aliphatic carbocycles. The molecule has 2 rings (SSSR count). The third-order valence-corrected chi connectivity index (χ3v) is 3.92. The molecule has 3 nitrogen and oxygen atoms in total. The molecule has 1 aliphatic heterocycles. The first kappa shape index (κ1) is 14.7. The van der Waals surface area contributed by atoms with Gasteiger partial charge in [-0.1, -0.05) is 27.5 Å². The van der Waals surface area contributed by atoms with Crippen LogP contribution in [0.2, 0.25) is 5.02 Å². The Labute approximate surface area is 127 Å². The summed E-state index contributed by atoms with van der Waals surface area (Å²) >= 11 is 9.77. The van der Waals surface area contributed by atoms with Gasteiger partial charge in [0.15, 0.2) is 0 Å². The van der Waals surface area contributed by atoms with E-state index in [4.69, 9.17) is 16.3 Å². The highest BCUT2D eigenvalue weighted by atomic mass is 79.9. The molecular formula is C14H17BrClNO2. The summed E-state index contributed by atoms with van der Waals surface area (Å²) in [6.07, 6.45) is 1.48. The summed E-state index contributed by atoms with van der Waals surface area (Å²) in [5.74, 6) is 0. The Balaban J connectivity index is 2.37. The maximum Gasteiger partial charge on any atom is 0.414 e. The van der Waals surface area contributed by atoms with Crippen molar-refractivity contribution in [3.05, 3.63) is 27.2 Å². The molecule has 1 aromatic rings. The number of nitrogens with zero attached hydrogens (tertiary/aromatic N) is 1. The van der Waals surface area contributed by atoms with E-state index in [-0.39, 0.29) is 6.09 Å². The van der Waals surface area contributed by atoms with E-state index in [9.17, 15) is 4.79 Å². The monoisotopic (exact) mass is 345 g/mol. The van der Waals surface area contributed by atoms with Gasteiger partial charge in [0.25, 0.3) is 0 Å². The van der Waals surface area contributed by atoms with Crippen molar-refractivity contribution in [2.24, 2.45) is 0 Å². The molecule has 5 heteroatoms. The van der Waals surface area contributed by atoms with Gasteiger partial charge in [-0.15, -0.1) is 0 Å². The highest BCUT2D eigenvalue weighted by Crippen LogP contribution is 2.39. The average Bonchev–Trinajstić information content (AvgIpc) is 2.31. The van der Waals surface area contributed by atoms with Crippen LogP contribution in [0.3, 0.4) is 0 Å². The van der Waals surface area contributed by atoms with Gasteiger partial charge in [-0.05, 0) is 51.3 Å². The number of carbonyl (C=O) groups excluding carboxylic acids is 1. The molecule has 19 heavy (non-hydrogen) atoms. The Morgan fingerprint density at radius 3 is 2.74 bits per heavy atom. The summed E-state index contributed by atoms with van der Waals surface area (Å²) in [5.41, 5.74) is 1.34. The minimum atomic E-state index is -0.507. The summed E-state index contributed by atoms with van der Waals surface area (Å²) in [6.45, 7) is 6.22. The van der Waals surface area contributed by atoms with Gasteiger partial charge in [-0.25, -0.2) is 4.79 Å². The maximum atomic E-state index is 12.3. The molecule has 1 aromatic carbocycles. The fourth-order valence-corrected chi connectivity index (χ4v) is 2.94. The van der Waals surface area contributed by atoms with Crippen LogP contribution < -0.4 is 4.90 Å². The minimum Gasteiger partial charge on any atom is -0.443 e. The summed E-state index contributed by atoms with van der Waals surface area (Å²) < 4.78 is 6.43. The van der Waals surface area contributed by atoms with Crippen LogP contribution in [-0.2, 0) is 11.2 Å². The molecule has 1 heterocycles. The van der Waals surface area contributed by atoms with Crippen LogP contribution in [0.15, 0.2) is 16.6 Å². The molecule has 1 amide bonds. The number of anilines is 1. The molecule has 0 radical (unpaired) electrons. The zero-order valence-electron chi connectivity index (χ0n) is 11.3. The number of carbonyl (C=O) groups is 1. The predicted molar refractivity (Wildman–Crippen MR) is 81.1 cm³/mol. The van der Waals surface area contributed by atoms with Crippen LogP contribution in [0.5, 0.6) is 0 Å². The number of halogens is 2. The van der Waals surface area contributed by atoms with Crippen LogP contribution in [0.4, 0.5) is 10.5 Å². The van der Waals surface area contributed by atoms with Crippen molar-refractivity contribution >= 4 is 39.3 Å². The number of hydrogen-bond donors (Lipinski definition) is 0. The molecule has 0 saturated heterocycles. The number of amides is 1. The minimum absolute atomic E-state index is 0.339. The van der Waals surface area contributed by atoms with Gasteiger partial charge >= 0.3 is 6.09 Å². The lowest BCUT2D eigenvalue weighted by molar-refractivity contribution is 0.0578. The Bertz CT molecular complexity index is 511. The fourth-order valence-electron chi connectivity index (χ4n) is 2.14. The average molecular weight is 347 g/mol. The molecule has 0 N–H and O–H groups in total. The lowest BCUT2D eigenvalue weighted by atomic mass is 10.0. The maximum absolute atomic E-state index is 12.3. The van der Waals surface area contributed by atoms with E-state index in [0.717, 1.165) is 28.6 Å². The summed E-state index contributed by atoms with van der Waals surface area (Å²) in [4.78, 5) is 13.9. The second-order valence-corrected chi connectivity index (χ2v) is 6.85. The van der Waals surface area contributed by atoms with Crippen molar-refractivity contribution in [1.82, 2.24) is 0 Å². The topological polar surface area (TPSA) is 29.5 Å². The number of rotatable bonds is 0. The Hall–Kier alpha value is -0.740. The number of fused-ring (bicyclic) bond motifs is 1. The van der Waals surface area contributed by atoms with Gasteiger partial charge in [0.05, 0.1) is 10.7 Å². The van der Waals surface area contributed by atoms with Gasteiger partial charge in [0, 0.05) is 11.0 Å². The smallest absolute Gasteiger partial charge is 0.414 e. The third kappa shape index (κ3) is 3.23. The van der Waals surface area contributed by atoms with Crippen LogP contribution in [0.25, 0.3) is 0 Å². The van der Waals surface area contributed by atoms with Crippen molar-refractivity contribution in [2.45, 2.75) is 39.2 Å². The molecular weight excluding hydrogens is 330 g/mol. The SMILES string of the molecule is CC(C)(C)OC(=O)N1CCCc2c(Br)ccc(Cl)c21. The Kier molecular flexibility index (Phi) is 4.11. The summed E-state index contributed by atoms with van der Waals surface area (Å²) in [5, 5.41) is 0.587. The van der Waals surface area contributed by atoms with Crippen LogP contribution in [-0.4, -0.2) is 18.2 Å². The Morgan fingerprint density at radius 1 is 1.42 bits per heavy atom. The Morgan fingerprint density at radius 2 is 2.11 bits per heavy atom. The first-order valence-corrected chi connectivity index (χ1v) is 7.44. The molecule has 1 aliphatic rings. The summed E-state index contributed by atoms with van der Waals surface area (Å²) in [7, 11) is 0. The largest absolute Gasteiger partial charge is 0.443 e. The van der Waals surface area contributed by atoms with E-state index in [0.29, 0.717) is 11.6 Å². The van der Waals surface area contributed by atoms with E-state index in [1.807, 2.05) is 26.8 Å². The lowest BCUT2D eigenvalue weighted by Crippen LogP contribution is -2.40. The van der Waals surface area contributed by atoms with E-state index in [2.05, 4.69) is 15.9 Å². The first-order valence-electron chi connectivity index (χ1n) is 6.27. The molecule has 0 atom stereocenters. The van der Waals surface area contributed by atoms with Crippen molar-refractivity contribution < 1.29 is 9.53 Å². The normalized spacial score (nSPS) is 15.1. The van der Waals surface area contributed by atoms with Crippen LogP contribution in [0, 0.1) is 0 Å². The van der Waals surface area contributed by atoms with E-state index >= 15 is 0 Å². The summed E-state index contributed by atoms with van der Waals surface area (Å²) in [6, 6.07) is 3.72. The first-order chi connectivity index (χ1) is 8.79. The van der Waals surface area contributed by atoms with Crippen LogP contribution >= 0.6 is 27.5 Å². The van der Waals surface area contributed by atoms with Gasteiger partial charge < -0.3 is 4.74 Å². The number of benzene rings is 1. The van der Waals surface area contributed by atoms with Gasteiger partial charge in [-0.3, -0.25) is 4.90 Å². The van der Waals surface area contributed by atoms with Crippen LogP contribution in [0.1, 0.15) is 32.8 Å². The van der Waals surface area contributed by atoms with Gasteiger partial charge in [-0.2, -0.15) is 0 Å². The molecule has 0 fully saturated rings. The number of hydrogen-bond acceptors (Lipinski definition) is 2. The standard InChI is InChI=1S/C14H17BrClNO2/c1-14(2,3)19-13(18)17-8-4-5-9-10(15)6-7-11(16)12(9)17/h6-7H,4-5,8H2,1-3H3. The molecule has 104 valence electrons. The van der Waals surface area contributed by atoms with E-state index in [1.54, 1.807) is 11.0 Å². The molecule has 0 spiro atoms. The second kappa shape index (κ2) is 5.33. The molecule has 0 saturated carbocycles. The lowest BCUT2D eigenvalue weighted by Gasteiger charge is -2.32.